The standard InChI is InChI=1S/C10H16N4O/c1-6-12-8-7(14(6)3)10(2,4-5-11)9(15)13-8/h4-5,11H2,1-3H3,(H,13,15). The van der Waals surface area contributed by atoms with E-state index >= 15 is 0 Å². The summed E-state index contributed by atoms with van der Waals surface area (Å²) in [5.74, 6) is 1.60. The molecular formula is C10H16N4O. The quantitative estimate of drug-likeness (QED) is 0.733. The Hall–Kier alpha value is -1.36. The second-order valence-corrected chi connectivity index (χ2v) is 4.24. The number of aryl methyl sites for hydroxylation is 1. The van der Waals surface area contributed by atoms with Crippen molar-refractivity contribution >= 4 is 11.7 Å². The van der Waals surface area contributed by atoms with E-state index in [-0.39, 0.29) is 5.91 Å². The minimum Gasteiger partial charge on any atom is -0.333 e. The summed E-state index contributed by atoms with van der Waals surface area (Å²) in [6.07, 6.45) is 0.644. The number of hydrogen-bond acceptors (Lipinski definition) is 3. The zero-order valence-electron chi connectivity index (χ0n) is 9.29. The van der Waals surface area contributed by atoms with Crippen molar-refractivity contribution in [2.45, 2.75) is 25.7 Å². The van der Waals surface area contributed by atoms with E-state index in [4.69, 9.17) is 5.73 Å². The van der Waals surface area contributed by atoms with Crippen molar-refractivity contribution in [2.24, 2.45) is 12.8 Å². The average molecular weight is 208 g/mol. The van der Waals surface area contributed by atoms with Gasteiger partial charge in [0.15, 0.2) is 5.82 Å². The molecule has 1 aliphatic heterocycles. The zero-order chi connectivity index (χ0) is 11.2. The number of nitrogens with one attached hydrogen (secondary N) is 1. The monoisotopic (exact) mass is 208 g/mol. The van der Waals surface area contributed by atoms with Gasteiger partial charge in [-0.2, -0.15) is 0 Å². The lowest BCUT2D eigenvalue weighted by Gasteiger charge is -2.21. The maximum atomic E-state index is 11.8. The van der Waals surface area contributed by atoms with Gasteiger partial charge in [0, 0.05) is 7.05 Å². The molecule has 0 aromatic carbocycles. The molecule has 0 saturated carbocycles. The molecule has 0 fully saturated rings. The molecule has 1 unspecified atom stereocenters. The number of nitrogens with zero attached hydrogens (tertiary/aromatic N) is 2. The highest BCUT2D eigenvalue weighted by atomic mass is 16.2. The first-order valence-corrected chi connectivity index (χ1v) is 5.06. The van der Waals surface area contributed by atoms with Gasteiger partial charge in [0.2, 0.25) is 5.91 Å². The molecule has 0 radical (unpaired) electrons. The molecule has 1 atom stereocenters. The molecule has 1 amide bonds. The first-order valence-electron chi connectivity index (χ1n) is 5.06. The summed E-state index contributed by atoms with van der Waals surface area (Å²) in [5.41, 5.74) is 5.99. The molecule has 2 heterocycles. The Balaban J connectivity index is 2.56. The summed E-state index contributed by atoms with van der Waals surface area (Å²) in [6, 6.07) is 0. The van der Waals surface area contributed by atoms with Crippen LogP contribution in [0.25, 0.3) is 0 Å². The van der Waals surface area contributed by atoms with Crippen molar-refractivity contribution in [2.75, 3.05) is 11.9 Å². The molecule has 3 N–H and O–H groups in total. The second kappa shape index (κ2) is 3.06. The van der Waals surface area contributed by atoms with E-state index in [0.29, 0.717) is 18.8 Å². The van der Waals surface area contributed by atoms with E-state index in [9.17, 15) is 4.79 Å². The third-order valence-electron chi connectivity index (χ3n) is 3.22. The van der Waals surface area contributed by atoms with Crippen molar-refractivity contribution in [1.29, 1.82) is 0 Å². The van der Waals surface area contributed by atoms with Crippen LogP contribution in [0.1, 0.15) is 24.9 Å². The van der Waals surface area contributed by atoms with E-state index < -0.39 is 5.41 Å². The lowest BCUT2D eigenvalue weighted by molar-refractivity contribution is -0.120. The molecule has 1 aromatic heterocycles. The van der Waals surface area contributed by atoms with Gasteiger partial charge in [-0.15, -0.1) is 0 Å². The van der Waals surface area contributed by atoms with Gasteiger partial charge in [0.25, 0.3) is 0 Å². The van der Waals surface area contributed by atoms with Gasteiger partial charge < -0.3 is 15.6 Å². The Labute approximate surface area is 88.7 Å². The van der Waals surface area contributed by atoms with Crippen molar-refractivity contribution in [1.82, 2.24) is 9.55 Å². The van der Waals surface area contributed by atoms with Crippen LogP contribution < -0.4 is 11.1 Å². The molecule has 1 aliphatic rings. The molecular weight excluding hydrogens is 192 g/mol. The normalized spacial score (nSPS) is 24.1. The second-order valence-electron chi connectivity index (χ2n) is 4.24. The molecule has 2 rings (SSSR count). The first-order chi connectivity index (χ1) is 7.00. The van der Waals surface area contributed by atoms with Gasteiger partial charge in [0.1, 0.15) is 5.82 Å². The van der Waals surface area contributed by atoms with Crippen LogP contribution in [0.15, 0.2) is 0 Å². The van der Waals surface area contributed by atoms with E-state index in [0.717, 1.165) is 11.5 Å². The summed E-state index contributed by atoms with van der Waals surface area (Å²) < 4.78 is 1.96. The number of carbonyl (C=O) groups is 1. The molecule has 0 aliphatic carbocycles. The number of anilines is 1. The molecule has 5 heteroatoms. The molecule has 0 saturated heterocycles. The summed E-state index contributed by atoms with van der Waals surface area (Å²) >= 11 is 0. The van der Waals surface area contributed by atoms with Gasteiger partial charge in [-0.1, -0.05) is 0 Å². The van der Waals surface area contributed by atoms with E-state index in [1.54, 1.807) is 0 Å². The summed E-state index contributed by atoms with van der Waals surface area (Å²) in [4.78, 5) is 16.2. The highest BCUT2D eigenvalue weighted by Crippen LogP contribution is 2.39. The molecule has 0 spiro atoms. The number of hydrogen-bond donors (Lipinski definition) is 2. The number of fused-ring (bicyclic) bond motifs is 1. The van der Waals surface area contributed by atoms with Gasteiger partial charge >= 0.3 is 0 Å². The summed E-state index contributed by atoms with van der Waals surface area (Å²) in [6.45, 7) is 4.34. The highest BCUT2D eigenvalue weighted by Gasteiger charge is 2.45. The Morgan fingerprint density at radius 3 is 2.87 bits per heavy atom. The maximum Gasteiger partial charge on any atom is 0.237 e. The van der Waals surface area contributed by atoms with Crippen LogP contribution in [-0.2, 0) is 17.3 Å². The lowest BCUT2D eigenvalue weighted by atomic mass is 9.84. The number of nitrogens with two attached hydrogens (primary N) is 1. The van der Waals surface area contributed by atoms with E-state index in [1.807, 2.05) is 25.5 Å². The third-order valence-corrected chi connectivity index (χ3v) is 3.22. The van der Waals surface area contributed by atoms with Gasteiger partial charge in [-0.3, -0.25) is 4.79 Å². The highest BCUT2D eigenvalue weighted by molar-refractivity contribution is 6.04. The zero-order valence-corrected chi connectivity index (χ0v) is 9.29. The van der Waals surface area contributed by atoms with Crippen LogP contribution in [0, 0.1) is 6.92 Å². The van der Waals surface area contributed by atoms with Crippen LogP contribution in [0.4, 0.5) is 5.82 Å². The fourth-order valence-electron chi connectivity index (χ4n) is 2.20. The summed E-state index contributed by atoms with van der Waals surface area (Å²) in [7, 11) is 1.93. The molecule has 82 valence electrons. The predicted molar refractivity (Wildman–Crippen MR) is 57.6 cm³/mol. The van der Waals surface area contributed by atoms with Crippen LogP contribution in [0.5, 0.6) is 0 Å². The lowest BCUT2D eigenvalue weighted by Crippen LogP contribution is -2.35. The van der Waals surface area contributed by atoms with Gasteiger partial charge in [-0.25, -0.2) is 4.98 Å². The van der Waals surface area contributed by atoms with Crippen LogP contribution in [0.2, 0.25) is 0 Å². The van der Waals surface area contributed by atoms with Crippen molar-refractivity contribution < 1.29 is 4.79 Å². The van der Waals surface area contributed by atoms with E-state index in [2.05, 4.69) is 10.3 Å². The SMILES string of the molecule is Cc1nc2c(n1C)C(C)(CCN)C(=O)N2. The van der Waals surface area contributed by atoms with Crippen molar-refractivity contribution in [3.8, 4) is 0 Å². The Bertz CT molecular complexity index is 423. The first kappa shape index (κ1) is 10.2. The Kier molecular flexibility index (Phi) is 2.08. The molecule has 15 heavy (non-hydrogen) atoms. The average Bonchev–Trinajstić information content (AvgIpc) is 2.54. The van der Waals surface area contributed by atoms with Crippen LogP contribution >= 0.6 is 0 Å². The molecule has 5 nitrogen and oxygen atoms in total. The maximum absolute atomic E-state index is 11.8. The predicted octanol–water partition coefficient (Wildman–Crippen LogP) is 0.287. The summed E-state index contributed by atoms with van der Waals surface area (Å²) in [5, 5.41) is 2.81. The van der Waals surface area contributed by atoms with Crippen LogP contribution in [-0.4, -0.2) is 22.0 Å². The van der Waals surface area contributed by atoms with Gasteiger partial charge in [-0.05, 0) is 26.8 Å². The minimum atomic E-state index is -0.528. The number of imidazole rings is 1. The number of amides is 1. The van der Waals surface area contributed by atoms with Crippen molar-refractivity contribution in [3.63, 3.8) is 0 Å². The minimum absolute atomic E-state index is 0.000972. The molecule has 0 bridgehead atoms. The number of carbonyl (C=O) groups excluding carboxylic acids is 1. The Morgan fingerprint density at radius 2 is 2.27 bits per heavy atom. The Morgan fingerprint density at radius 1 is 1.60 bits per heavy atom. The molecule has 1 aromatic rings. The number of aromatic nitrogens is 2. The fourth-order valence-corrected chi connectivity index (χ4v) is 2.20. The topological polar surface area (TPSA) is 72.9 Å². The third kappa shape index (κ3) is 1.19. The number of rotatable bonds is 2. The fraction of sp³-hybridized carbons (Fsp3) is 0.600. The largest absolute Gasteiger partial charge is 0.333 e. The smallest absolute Gasteiger partial charge is 0.237 e. The van der Waals surface area contributed by atoms with Gasteiger partial charge in [0.05, 0.1) is 11.1 Å². The van der Waals surface area contributed by atoms with E-state index in [1.165, 1.54) is 0 Å². The van der Waals surface area contributed by atoms with Crippen molar-refractivity contribution in [3.05, 3.63) is 11.5 Å². The van der Waals surface area contributed by atoms with Crippen LogP contribution in [0.3, 0.4) is 0 Å².